The second-order valence-corrected chi connectivity index (χ2v) is 9.29. The van der Waals surface area contributed by atoms with Gasteiger partial charge in [0.05, 0.1) is 12.8 Å². The van der Waals surface area contributed by atoms with Gasteiger partial charge in [-0.05, 0) is 0 Å². The average molecular weight is 380 g/mol. The van der Waals surface area contributed by atoms with Crippen LogP contribution in [0.2, 0.25) is 0 Å². The Morgan fingerprint density at radius 1 is 0.500 bits per heavy atom. The highest BCUT2D eigenvalue weighted by molar-refractivity contribution is 6.03. The van der Waals surface area contributed by atoms with Gasteiger partial charge in [-0.15, -0.1) is 0 Å². The van der Waals surface area contributed by atoms with Crippen molar-refractivity contribution in [3.8, 4) is 0 Å². The molecule has 0 rings (SSSR count). The lowest BCUT2D eigenvalue weighted by Gasteiger charge is -2.20. The van der Waals surface area contributed by atoms with Crippen LogP contribution in [0.3, 0.4) is 0 Å². The van der Waals surface area contributed by atoms with Crippen molar-refractivity contribution in [1.29, 1.82) is 0 Å². The molecule has 0 aliphatic carbocycles. The van der Waals surface area contributed by atoms with Crippen molar-refractivity contribution < 1.29 is 32.3 Å². The van der Waals surface area contributed by atoms with E-state index in [1.165, 1.54) is 20.8 Å². The van der Waals surface area contributed by atoms with Crippen molar-refractivity contribution in [2.24, 2.45) is 16.2 Å². The van der Waals surface area contributed by atoms with Gasteiger partial charge in [-0.3, -0.25) is 19.2 Å². The van der Waals surface area contributed by atoms with Gasteiger partial charge in [0.1, 0.15) is 17.3 Å². The fraction of sp³-hybridized carbons (Fsp3) is 0.789. The first-order valence-corrected chi connectivity index (χ1v) is 8.30. The van der Waals surface area contributed by atoms with Crippen molar-refractivity contribution in [3.63, 3.8) is 0 Å². The van der Waals surface area contributed by atoms with E-state index in [0.717, 1.165) is 0 Å². The quantitative estimate of drug-likeness (QED) is 0.661. The maximum atomic E-state index is 11.7. The van der Waals surface area contributed by atoms with E-state index >= 15 is 0 Å². The Hall–Kier alpha value is -1.53. The number of carbonyl (C=O) groups is 4. The van der Waals surface area contributed by atoms with Gasteiger partial charge in [0.15, 0.2) is 0 Å². The first-order chi connectivity index (χ1) is 11.1. The minimum atomic E-state index is -4.90. The lowest BCUT2D eigenvalue weighted by Crippen LogP contribution is -2.30. The number of alkyl halides is 3. The van der Waals surface area contributed by atoms with E-state index in [2.05, 4.69) is 0 Å². The molecule has 4 nitrogen and oxygen atoms in total. The predicted octanol–water partition coefficient (Wildman–Crippen LogP) is 4.73. The summed E-state index contributed by atoms with van der Waals surface area (Å²) in [4.78, 5) is 44.4. The van der Waals surface area contributed by atoms with Gasteiger partial charge in [0, 0.05) is 16.2 Å². The summed E-state index contributed by atoms with van der Waals surface area (Å²) in [6.07, 6.45) is -5.90. The molecule has 0 aliphatic rings. The highest BCUT2D eigenvalue weighted by atomic mass is 19.4. The van der Waals surface area contributed by atoms with E-state index < -0.39 is 40.4 Å². The minimum Gasteiger partial charge on any atom is -0.299 e. The third-order valence-electron chi connectivity index (χ3n) is 3.47. The molecule has 0 aromatic carbocycles. The normalized spacial score (nSPS) is 12.8. The van der Waals surface area contributed by atoms with Crippen LogP contribution in [0, 0.1) is 16.2 Å². The molecule has 0 fully saturated rings. The summed E-state index contributed by atoms with van der Waals surface area (Å²) < 4.78 is 35.1. The molecule has 0 amide bonds. The zero-order chi connectivity index (χ0) is 21.7. The molecule has 0 heterocycles. The van der Waals surface area contributed by atoms with Gasteiger partial charge in [0.2, 0.25) is 5.78 Å². The van der Waals surface area contributed by atoms with Gasteiger partial charge >= 0.3 is 6.18 Å². The molecule has 7 heteroatoms. The number of carbonyl (C=O) groups excluding carboxylic acids is 4. The number of halogens is 3. The first-order valence-electron chi connectivity index (χ1n) is 8.30. The highest BCUT2D eigenvalue weighted by Crippen LogP contribution is 2.23. The molecular weight excluding hydrogens is 349 g/mol. The van der Waals surface area contributed by atoms with Crippen LogP contribution >= 0.6 is 0 Å². The lowest BCUT2D eigenvalue weighted by atomic mass is 9.82. The standard InChI is InChI=1S/C11H20O2.C8H11F3O2/c1-10(2,3)8(12)7-9(13)11(4,5)6;1-7(2,3)5(12)4-6(13)8(9,10)11/h7H2,1-6H3;4H2,1-3H3. The Balaban J connectivity index is 0. The van der Waals surface area contributed by atoms with Gasteiger partial charge in [-0.2, -0.15) is 13.2 Å². The van der Waals surface area contributed by atoms with Gasteiger partial charge in [0.25, 0.3) is 0 Å². The maximum Gasteiger partial charge on any atom is 0.450 e. The van der Waals surface area contributed by atoms with Gasteiger partial charge in [-0.1, -0.05) is 62.3 Å². The van der Waals surface area contributed by atoms with Crippen LogP contribution < -0.4 is 0 Å². The molecular formula is C19H31F3O4. The molecule has 152 valence electrons. The number of ketones is 4. The Morgan fingerprint density at radius 3 is 0.846 bits per heavy atom. The molecule has 0 aliphatic heterocycles. The van der Waals surface area contributed by atoms with Crippen LogP contribution in [0.15, 0.2) is 0 Å². The lowest BCUT2D eigenvalue weighted by molar-refractivity contribution is -0.172. The SMILES string of the molecule is CC(C)(C)C(=O)CC(=O)C(C)(C)C.CC(C)(C)C(=O)CC(=O)C(F)(F)F. The summed E-state index contributed by atoms with van der Waals surface area (Å²) in [5.74, 6) is -2.64. The average Bonchev–Trinajstić information content (AvgIpc) is 2.34. The van der Waals surface area contributed by atoms with Gasteiger partial charge < -0.3 is 0 Å². The molecule has 0 saturated carbocycles. The molecule has 0 spiro atoms. The molecule has 0 N–H and O–H groups in total. The largest absolute Gasteiger partial charge is 0.450 e. The third-order valence-corrected chi connectivity index (χ3v) is 3.47. The van der Waals surface area contributed by atoms with E-state index in [1.54, 1.807) is 0 Å². The topological polar surface area (TPSA) is 68.3 Å². The third kappa shape index (κ3) is 11.2. The molecule has 0 radical (unpaired) electrons. The Bertz CT molecular complexity index is 441. The molecule has 26 heavy (non-hydrogen) atoms. The van der Waals surface area contributed by atoms with Crippen LogP contribution in [-0.2, 0) is 19.2 Å². The Kier molecular flexibility index (Phi) is 9.15. The smallest absolute Gasteiger partial charge is 0.299 e. The summed E-state index contributed by atoms with van der Waals surface area (Å²) in [6.45, 7) is 15.4. The number of Topliss-reactive ketones (excluding diaryl/α,β-unsaturated/α-hetero) is 4. The summed E-state index contributed by atoms with van der Waals surface area (Å²) in [6, 6.07) is 0. The van der Waals surface area contributed by atoms with E-state index in [-0.39, 0.29) is 18.0 Å². The summed E-state index contributed by atoms with van der Waals surface area (Å²) >= 11 is 0. The van der Waals surface area contributed by atoms with Gasteiger partial charge in [-0.25, -0.2) is 0 Å². The zero-order valence-electron chi connectivity index (χ0n) is 17.2. The first kappa shape index (κ1) is 26.7. The van der Waals surface area contributed by atoms with Crippen molar-refractivity contribution in [2.75, 3.05) is 0 Å². The second kappa shape index (κ2) is 8.91. The second-order valence-electron chi connectivity index (χ2n) is 9.29. The summed E-state index contributed by atoms with van der Waals surface area (Å²) in [7, 11) is 0. The Morgan fingerprint density at radius 2 is 0.692 bits per heavy atom. The molecule has 0 unspecified atom stereocenters. The fourth-order valence-corrected chi connectivity index (χ4v) is 1.19. The van der Waals surface area contributed by atoms with Crippen LogP contribution in [0.5, 0.6) is 0 Å². The van der Waals surface area contributed by atoms with E-state index in [4.69, 9.17) is 0 Å². The fourth-order valence-electron chi connectivity index (χ4n) is 1.19. The number of hydrogen-bond acceptors (Lipinski definition) is 4. The van der Waals surface area contributed by atoms with E-state index in [1.807, 2.05) is 41.5 Å². The highest BCUT2D eigenvalue weighted by Gasteiger charge is 2.40. The Labute approximate surface area is 153 Å². The maximum absolute atomic E-state index is 11.7. The number of rotatable bonds is 4. The van der Waals surface area contributed by atoms with Crippen LogP contribution in [0.25, 0.3) is 0 Å². The van der Waals surface area contributed by atoms with Crippen molar-refractivity contribution in [2.45, 2.75) is 81.3 Å². The van der Waals surface area contributed by atoms with Crippen LogP contribution in [-0.4, -0.2) is 29.3 Å². The molecule has 0 aromatic heterocycles. The molecule has 0 saturated heterocycles. The summed E-state index contributed by atoms with van der Waals surface area (Å²) in [5.41, 5.74) is -1.71. The minimum absolute atomic E-state index is 0.0208. The van der Waals surface area contributed by atoms with Crippen molar-refractivity contribution in [3.05, 3.63) is 0 Å². The van der Waals surface area contributed by atoms with Crippen LogP contribution in [0.4, 0.5) is 13.2 Å². The van der Waals surface area contributed by atoms with E-state index in [9.17, 15) is 32.3 Å². The van der Waals surface area contributed by atoms with Crippen LogP contribution in [0.1, 0.15) is 75.2 Å². The van der Waals surface area contributed by atoms with Crippen molar-refractivity contribution >= 4 is 23.1 Å². The van der Waals surface area contributed by atoms with E-state index in [0.29, 0.717) is 0 Å². The molecule has 0 aromatic rings. The zero-order valence-corrected chi connectivity index (χ0v) is 17.2. The summed E-state index contributed by atoms with van der Waals surface area (Å²) in [5, 5.41) is 0. The predicted molar refractivity (Wildman–Crippen MR) is 93.7 cm³/mol. The van der Waals surface area contributed by atoms with Crippen molar-refractivity contribution in [1.82, 2.24) is 0 Å². The monoisotopic (exact) mass is 380 g/mol. The number of hydrogen-bond donors (Lipinski definition) is 0. The molecule has 0 bridgehead atoms. The molecule has 0 atom stereocenters.